The van der Waals surface area contributed by atoms with E-state index in [0.717, 1.165) is 18.9 Å². The van der Waals surface area contributed by atoms with Crippen molar-refractivity contribution in [2.24, 2.45) is 11.7 Å². The topological polar surface area (TPSA) is 35.2 Å². The molecule has 0 aromatic carbocycles. The zero-order valence-electron chi connectivity index (χ0n) is 12.2. The molecular formula is C15H31NO. The summed E-state index contributed by atoms with van der Waals surface area (Å²) < 4.78 is 5.79. The maximum absolute atomic E-state index is 6.47. The third-order valence-electron chi connectivity index (χ3n) is 3.93. The van der Waals surface area contributed by atoms with Crippen molar-refractivity contribution in [3.8, 4) is 0 Å². The molecule has 0 bridgehead atoms. The van der Waals surface area contributed by atoms with E-state index in [1.807, 2.05) is 0 Å². The van der Waals surface area contributed by atoms with Gasteiger partial charge in [0.15, 0.2) is 0 Å². The Morgan fingerprint density at radius 3 is 2.29 bits per heavy atom. The van der Waals surface area contributed by atoms with Gasteiger partial charge in [0.2, 0.25) is 0 Å². The average molecular weight is 241 g/mol. The van der Waals surface area contributed by atoms with Crippen LogP contribution in [0, 0.1) is 5.92 Å². The van der Waals surface area contributed by atoms with Gasteiger partial charge in [0.1, 0.15) is 0 Å². The molecule has 1 aliphatic carbocycles. The smallest absolute Gasteiger partial charge is 0.0598 e. The first-order valence-corrected chi connectivity index (χ1v) is 7.27. The minimum absolute atomic E-state index is 0.0320. The van der Waals surface area contributed by atoms with Gasteiger partial charge >= 0.3 is 0 Å². The zero-order valence-corrected chi connectivity index (χ0v) is 12.2. The summed E-state index contributed by atoms with van der Waals surface area (Å²) in [6, 6.07) is 0. The quantitative estimate of drug-likeness (QED) is 0.793. The predicted molar refractivity (Wildman–Crippen MR) is 74.1 cm³/mol. The minimum Gasteiger partial charge on any atom is -0.376 e. The molecule has 0 amide bonds. The van der Waals surface area contributed by atoms with Crippen LogP contribution in [0.5, 0.6) is 0 Å². The van der Waals surface area contributed by atoms with Gasteiger partial charge in [-0.1, -0.05) is 19.8 Å². The van der Waals surface area contributed by atoms with Crippen LogP contribution in [0.15, 0.2) is 0 Å². The summed E-state index contributed by atoms with van der Waals surface area (Å²) in [6.45, 7) is 9.40. The van der Waals surface area contributed by atoms with Crippen LogP contribution >= 0.6 is 0 Å². The molecule has 0 heterocycles. The molecule has 0 saturated heterocycles. The van der Waals surface area contributed by atoms with Crippen LogP contribution in [0.1, 0.15) is 72.6 Å². The van der Waals surface area contributed by atoms with E-state index in [1.165, 1.54) is 38.5 Å². The Morgan fingerprint density at radius 2 is 1.82 bits per heavy atom. The van der Waals surface area contributed by atoms with Crippen LogP contribution in [-0.2, 0) is 4.74 Å². The first-order chi connectivity index (χ1) is 7.85. The van der Waals surface area contributed by atoms with E-state index in [9.17, 15) is 0 Å². The maximum atomic E-state index is 6.47. The third kappa shape index (κ3) is 5.87. The molecule has 0 atom stereocenters. The zero-order chi connectivity index (χ0) is 12.9. The normalized spacial score (nSPS) is 30.5. The molecule has 2 nitrogen and oxygen atoms in total. The van der Waals surface area contributed by atoms with Gasteiger partial charge in [0, 0.05) is 12.1 Å². The summed E-state index contributed by atoms with van der Waals surface area (Å²) in [7, 11) is 0. The Bertz CT molecular complexity index is 211. The molecule has 0 aromatic rings. The highest BCUT2D eigenvalue weighted by atomic mass is 16.5. The lowest BCUT2D eigenvalue weighted by atomic mass is 9.74. The average Bonchev–Trinajstić information content (AvgIpc) is 2.20. The second kappa shape index (κ2) is 6.19. The lowest BCUT2D eigenvalue weighted by Crippen LogP contribution is -2.44. The molecule has 0 spiro atoms. The molecule has 2 N–H and O–H groups in total. The van der Waals surface area contributed by atoms with Crippen LogP contribution in [0.3, 0.4) is 0 Å². The van der Waals surface area contributed by atoms with Gasteiger partial charge in [-0.2, -0.15) is 0 Å². The van der Waals surface area contributed by atoms with E-state index in [0.29, 0.717) is 0 Å². The molecule has 1 aliphatic rings. The number of rotatable bonds is 5. The summed E-state index contributed by atoms with van der Waals surface area (Å²) in [6.07, 6.45) is 8.73. The van der Waals surface area contributed by atoms with Crippen LogP contribution in [0.4, 0.5) is 0 Å². The maximum Gasteiger partial charge on any atom is 0.0598 e. The summed E-state index contributed by atoms with van der Waals surface area (Å²) in [4.78, 5) is 0. The van der Waals surface area contributed by atoms with E-state index < -0.39 is 0 Å². The number of hydrogen-bond donors (Lipinski definition) is 1. The van der Waals surface area contributed by atoms with Crippen molar-refractivity contribution >= 4 is 0 Å². The molecule has 0 aromatic heterocycles. The molecule has 1 saturated carbocycles. The molecule has 1 fully saturated rings. The Hall–Kier alpha value is -0.0800. The monoisotopic (exact) mass is 241 g/mol. The van der Waals surface area contributed by atoms with Crippen LogP contribution in [0.25, 0.3) is 0 Å². The van der Waals surface area contributed by atoms with E-state index >= 15 is 0 Å². The molecule has 1 rings (SSSR count). The van der Waals surface area contributed by atoms with Gasteiger partial charge in [-0.25, -0.2) is 0 Å². The van der Waals surface area contributed by atoms with Crippen molar-refractivity contribution in [1.29, 1.82) is 0 Å². The predicted octanol–water partition coefficient (Wildman–Crippen LogP) is 3.88. The molecule has 0 unspecified atom stereocenters. The lowest BCUT2D eigenvalue weighted by molar-refractivity contribution is -0.0146. The number of nitrogens with two attached hydrogens (primary N) is 1. The molecule has 2 heteroatoms. The lowest BCUT2D eigenvalue weighted by Gasteiger charge is -2.37. The third-order valence-corrected chi connectivity index (χ3v) is 3.93. The van der Waals surface area contributed by atoms with Gasteiger partial charge in [-0.3, -0.25) is 0 Å². The van der Waals surface area contributed by atoms with Gasteiger partial charge in [-0.15, -0.1) is 0 Å². The Morgan fingerprint density at radius 1 is 1.24 bits per heavy atom. The fourth-order valence-corrected chi connectivity index (χ4v) is 2.76. The van der Waals surface area contributed by atoms with Crippen molar-refractivity contribution in [1.82, 2.24) is 0 Å². The minimum atomic E-state index is -0.0320. The second-order valence-electron chi connectivity index (χ2n) is 6.81. The molecule has 102 valence electrons. The van der Waals surface area contributed by atoms with Crippen molar-refractivity contribution in [3.05, 3.63) is 0 Å². The largest absolute Gasteiger partial charge is 0.376 e. The Balaban J connectivity index is 2.25. The Kier molecular flexibility index (Phi) is 5.46. The van der Waals surface area contributed by atoms with Crippen molar-refractivity contribution in [3.63, 3.8) is 0 Å². The van der Waals surface area contributed by atoms with Crippen LogP contribution < -0.4 is 5.73 Å². The molecule has 0 radical (unpaired) electrons. The highest BCUT2D eigenvalue weighted by Gasteiger charge is 2.31. The van der Waals surface area contributed by atoms with Gasteiger partial charge in [-0.05, 0) is 58.8 Å². The SMILES string of the molecule is CCCC1CCC(N)(CCOC(C)(C)C)CC1. The highest BCUT2D eigenvalue weighted by Crippen LogP contribution is 2.34. The van der Waals surface area contributed by atoms with E-state index in [1.54, 1.807) is 0 Å². The van der Waals surface area contributed by atoms with Crippen molar-refractivity contribution < 1.29 is 4.74 Å². The first-order valence-electron chi connectivity index (χ1n) is 7.27. The summed E-state index contributed by atoms with van der Waals surface area (Å²) in [5.41, 5.74) is 6.49. The highest BCUT2D eigenvalue weighted by molar-refractivity contribution is 4.89. The number of hydrogen-bond acceptors (Lipinski definition) is 2. The Labute approximate surface area is 107 Å². The fourth-order valence-electron chi connectivity index (χ4n) is 2.76. The van der Waals surface area contributed by atoms with Gasteiger partial charge in [0.25, 0.3) is 0 Å². The summed E-state index contributed by atoms with van der Waals surface area (Å²) >= 11 is 0. The second-order valence-corrected chi connectivity index (χ2v) is 6.81. The molecular weight excluding hydrogens is 210 g/mol. The van der Waals surface area contributed by atoms with E-state index in [-0.39, 0.29) is 11.1 Å². The molecule has 17 heavy (non-hydrogen) atoms. The van der Waals surface area contributed by atoms with Crippen LogP contribution in [0.2, 0.25) is 0 Å². The first kappa shape index (κ1) is 15.0. The van der Waals surface area contributed by atoms with Gasteiger partial charge in [0.05, 0.1) is 5.60 Å². The van der Waals surface area contributed by atoms with E-state index in [4.69, 9.17) is 10.5 Å². The van der Waals surface area contributed by atoms with Gasteiger partial charge < -0.3 is 10.5 Å². The fraction of sp³-hybridized carbons (Fsp3) is 1.00. The number of ether oxygens (including phenoxy) is 1. The molecule has 0 aliphatic heterocycles. The summed E-state index contributed by atoms with van der Waals surface area (Å²) in [5, 5.41) is 0. The van der Waals surface area contributed by atoms with Crippen molar-refractivity contribution in [2.45, 2.75) is 83.8 Å². The standard InChI is InChI=1S/C15H31NO/c1-5-6-13-7-9-15(16,10-8-13)11-12-17-14(2,3)4/h13H,5-12,16H2,1-4H3. The summed E-state index contributed by atoms with van der Waals surface area (Å²) in [5.74, 6) is 0.931. The van der Waals surface area contributed by atoms with Crippen LogP contribution in [-0.4, -0.2) is 17.7 Å². The van der Waals surface area contributed by atoms with Crippen molar-refractivity contribution in [2.75, 3.05) is 6.61 Å². The van der Waals surface area contributed by atoms with E-state index in [2.05, 4.69) is 27.7 Å².